The van der Waals surface area contributed by atoms with Gasteiger partial charge >= 0.3 is 5.97 Å². The van der Waals surface area contributed by atoms with Gasteiger partial charge in [-0.3, -0.25) is 0 Å². The van der Waals surface area contributed by atoms with E-state index in [1.807, 2.05) is 42.5 Å². The monoisotopic (exact) mass is 308 g/mol. The molecule has 0 fully saturated rings. The number of benzene rings is 3. The summed E-state index contributed by atoms with van der Waals surface area (Å²) in [7, 11) is 0. The van der Waals surface area contributed by atoms with E-state index in [1.54, 1.807) is 24.3 Å². The van der Waals surface area contributed by atoms with Gasteiger partial charge in [0.15, 0.2) is 6.10 Å². The minimum absolute atomic E-state index is 0.491. The molecule has 0 saturated heterocycles. The summed E-state index contributed by atoms with van der Waals surface area (Å²) in [5, 5.41) is 11.0. The Balaban J connectivity index is 1.79. The van der Waals surface area contributed by atoms with E-state index < -0.39 is 12.1 Å². The molecule has 0 aliphatic carbocycles. The van der Waals surface area contributed by atoms with Gasteiger partial charge in [-0.2, -0.15) is 0 Å². The van der Waals surface area contributed by atoms with Crippen LogP contribution < -0.4 is 9.47 Å². The molecule has 0 aromatic heterocycles. The van der Waals surface area contributed by atoms with E-state index in [9.17, 15) is 4.79 Å². The third kappa shape index (κ3) is 3.43. The Morgan fingerprint density at radius 1 is 0.913 bits per heavy atom. The second-order valence-corrected chi connectivity index (χ2v) is 5.15. The highest BCUT2D eigenvalue weighted by molar-refractivity contribution is 5.88. The van der Waals surface area contributed by atoms with Gasteiger partial charge in [0, 0.05) is 5.39 Å². The Hall–Kier alpha value is -3.01. The van der Waals surface area contributed by atoms with E-state index in [2.05, 4.69) is 0 Å². The van der Waals surface area contributed by atoms with Crippen LogP contribution in [0.5, 0.6) is 17.2 Å². The Morgan fingerprint density at radius 3 is 2.30 bits per heavy atom. The molecule has 3 rings (SSSR count). The lowest BCUT2D eigenvalue weighted by Gasteiger charge is -2.12. The van der Waals surface area contributed by atoms with Crippen molar-refractivity contribution in [3.05, 3.63) is 66.7 Å². The molecule has 0 radical (unpaired) electrons. The predicted molar refractivity (Wildman–Crippen MR) is 88.2 cm³/mol. The number of carboxylic acids is 1. The standard InChI is InChI=1S/C19H16O4/c1-13(19(20)21)22-15-9-11-16(12-10-15)23-18-8-4-6-14-5-2-3-7-17(14)18/h2-13H,1H3,(H,20,21). The fourth-order valence-corrected chi connectivity index (χ4v) is 2.25. The number of aliphatic carboxylic acids is 1. The van der Waals surface area contributed by atoms with Crippen LogP contribution in [0.1, 0.15) is 6.92 Å². The summed E-state index contributed by atoms with van der Waals surface area (Å²) in [4.78, 5) is 10.8. The maximum absolute atomic E-state index is 10.8. The summed E-state index contributed by atoms with van der Waals surface area (Å²) in [6.07, 6.45) is -0.889. The molecular weight excluding hydrogens is 292 g/mol. The second-order valence-electron chi connectivity index (χ2n) is 5.15. The molecular formula is C19H16O4. The summed E-state index contributed by atoms with van der Waals surface area (Å²) >= 11 is 0. The van der Waals surface area contributed by atoms with Crippen molar-refractivity contribution >= 4 is 16.7 Å². The summed E-state index contributed by atoms with van der Waals surface area (Å²) in [5.41, 5.74) is 0. The second kappa shape index (κ2) is 6.40. The minimum Gasteiger partial charge on any atom is -0.479 e. The summed E-state index contributed by atoms with van der Waals surface area (Å²) in [6.45, 7) is 1.49. The zero-order valence-corrected chi connectivity index (χ0v) is 12.6. The molecule has 0 aliphatic heterocycles. The van der Waals surface area contributed by atoms with Crippen LogP contribution in [0.2, 0.25) is 0 Å². The van der Waals surface area contributed by atoms with Crippen LogP contribution in [0.4, 0.5) is 0 Å². The minimum atomic E-state index is -0.999. The first-order chi connectivity index (χ1) is 11.1. The third-order valence-corrected chi connectivity index (χ3v) is 3.46. The lowest BCUT2D eigenvalue weighted by molar-refractivity contribution is -0.144. The number of carbonyl (C=O) groups is 1. The van der Waals surface area contributed by atoms with E-state index in [-0.39, 0.29) is 0 Å². The van der Waals surface area contributed by atoms with Crippen molar-refractivity contribution in [1.29, 1.82) is 0 Å². The van der Waals surface area contributed by atoms with Gasteiger partial charge in [0.25, 0.3) is 0 Å². The number of carboxylic acid groups (broad SMARTS) is 1. The van der Waals surface area contributed by atoms with E-state index in [1.165, 1.54) is 6.92 Å². The van der Waals surface area contributed by atoms with Gasteiger partial charge in [-0.05, 0) is 42.6 Å². The molecule has 1 unspecified atom stereocenters. The number of rotatable bonds is 5. The van der Waals surface area contributed by atoms with Crippen LogP contribution in [0.3, 0.4) is 0 Å². The SMILES string of the molecule is CC(Oc1ccc(Oc2cccc3ccccc23)cc1)C(=O)O. The number of hydrogen-bond donors (Lipinski definition) is 1. The zero-order chi connectivity index (χ0) is 16.2. The quantitative estimate of drug-likeness (QED) is 0.755. The first-order valence-electron chi connectivity index (χ1n) is 7.28. The topological polar surface area (TPSA) is 55.8 Å². The number of hydrogen-bond acceptors (Lipinski definition) is 3. The van der Waals surface area contributed by atoms with Gasteiger partial charge in [0.1, 0.15) is 17.2 Å². The molecule has 0 amide bonds. The van der Waals surface area contributed by atoms with Crippen LogP contribution in [-0.4, -0.2) is 17.2 Å². The Morgan fingerprint density at radius 2 is 1.57 bits per heavy atom. The normalized spacial score (nSPS) is 11.9. The van der Waals surface area contributed by atoms with Crippen molar-refractivity contribution in [2.24, 2.45) is 0 Å². The molecule has 4 heteroatoms. The van der Waals surface area contributed by atoms with Gasteiger partial charge < -0.3 is 14.6 Å². The molecule has 0 bridgehead atoms. The van der Waals surface area contributed by atoms with E-state index in [0.29, 0.717) is 11.5 Å². The lowest BCUT2D eigenvalue weighted by Crippen LogP contribution is -2.22. The molecule has 4 nitrogen and oxygen atoms in total. The van der Waals surface area contributed by atoms with Gasteiger partial charge in [-0.1, -0.05) is 36.4 Å². The lowest BCUT2D eigenvalue weighted by atomic mass is 10.1. The molecule has 0 spiro atoms. The first kappa shape index (κ1) is 14.9. The number of ether oxygens (including phenoxy) is 2. The molecule has 1 atom stereocenters. The van der Waals surface area contributed by atoms with Crippen LogP contribution in [0.15, 0.2) is 66.7 Å². The molecule has 0 heterocycles. The highest BCUT2D eigenvalue weighted by Crippen LogP contribution is 2.30. The Bertz CT molecular complexity index is 819. The zero-order valence-electron chi connectivity index (χ0n) is 12.6. The maximum atomic E-state index is 10.8. The van der Waals surface area contributed by atoms with Crippen molar-refractivity contribution < 1.29 is 19.4 Å². The van der Waals surface area contributed by atoms with Gasteiger partial charge in [0.05, 0.1) is 0 Å². The van der Waals surface area contributed by atoms with Crippen LogP contribution in [0, 0.1) is 0 Å². The van der Waals surface area contributed by atoms with Crippen molar-refractivity contribution in [3.63, 3.8) is 0 Å². The summed E-state index contributed by atoms with van der Waals surface area (Å²) < 4.78 is 11.2. The Labute approximate surface area is 133 Å². The number of fused-ring (bicyclic) bond motifs is 1. The van der Waals surface area contributed by atoms with Crippen molar-refractivity contribution in [2.45, 2.75) is 13.0 Å². The van der Waals surface area contributed by atoms with Gasteiger partial charge in [-0.15, -0.1) is 0 Å². The fourth-order valence-electron chi connectivity index (χ4n) is 2.25. The summed E-state index contributed by atoms with van der Waals surface area (Å²) in [5.74, 6) is 0.929. The smallest absolute Gasteiger partial charge is 0.344 e. The third-order valence-electron chi connectivity index (χ3n) is 3.46. The molecule has 3 aromatic rings. The van der Waals surface area contributed by atoms with Crippen molar-refractivity contribution in [1.82, 2.24) is 0 Å². The average molecular weight is 308 g/mol. The fraction of sp³-hybridized carbons (Fsp3) is 0.105. The molecule has 0 aliphatic rings. The Kier molecular flexibility index (Phi) is 4.15. The van der Waals surface area contributed by atoms with E-state index >= 15 is 0 Å². The maximum Gasteiger partial charge on any atom is 0.344 e. The molecule has 1 N–H and O–H groups in total. The first-order valence-corrected chi connectivity index (χ1v) is 7.28. The van der Waals surface area contributed by atoms with Crippen LogP contribution in [0.25, 0.3) is 10.8 Å². The molecule has 3 aromatic carbocycles. The van der Waals surface area contributed by atoms with Crippen LogP contribution >= 0.6 is 0 Å². The van der Waals surface area contributed by atoms with Crippen molar-refractivity contribution in [3.8, 4) is 17.2 Å². The van der Waals surface area contributed by atoms with E-state index in [0.717, 1.165) is 16.5 Å². The molecule has 116 valence electrons. The van der Waals surface area contributed by atoms with E-state index in [4.69, 9.17) is 14.6 Å². The van der Waals surface area contributed by atoms with Crippen LogP contribution in [-0.2, 0) is 4.79 Å². The molecule has 23 heavy (non-hydrogen) atoms. The largest absolute Gasteiger partial charge is 0.479 e. The summed E-state index contributed by atoms with van der Waals surface area (Å²) in [6, 6.07) is 20.8. The average Bonchev–Trinajstić information content (AvgIpc) is 2.57. The highest BCUT2D eigenvalue weighted by atomic mass is 16.5. The molecule has 0 saturated carbocycles. The van der Waals surface area contributed by atoms with Gasteiger partial charge in [-0.25, -0.2) is 4.79 Å². The highest BCUT2D eigenvalue weighted by Gasteiger charge is 2.12. The van der Waals surface area contributed by atoms with Gasteiger partial charge in [0.2, 0.25) is 0 Å². The van der Waals surface area contributed by atoms with Crippen molar-refractivity contribution in [2.75, 3.05) is 0 Å². The predicted octanol–water partition coefficient (Wildman–Crippen LogP) is 4.48.